The molecule has 1 aromatic heterocycles. The smallest absolute Gasteiger partial charge is 0.0974 e. The molecule has 0 aliphatic heterocycles. The first-order valence-electron chi connectivity index (χ1n) is 5.01. The minimum absolute atomic E-state index is 0.422. The number of halogens is 1. The quantitative estimate of drug-likeness (QED) is 0.607. The number of benzene rings is 1. The number of aryl methyl sites for hydroxylation is 1. The molecule has 0 amide bonds. The van der Waals surface area contributed by atoms with Crippen LogP contribution in [0.3, 0.4) is 0 Å². The van der Waals surface area contributed by atoms with Crippen molar-refractivity contribution in [1.82, 2.24) is 15.0 Å². The van der Waals surface area contributed by atoms with Crippen molar-refractivity contribution in [3.05, 3.63) is 42.2 Å². The molecule has 1 heterocycles. The lowest BCUT2D eigenvalue weighted by atomic mass is 10.4. The first-order chi connectivity index (χ1) is 7.88. The molecule has 5 heteroatoms. The van der Waals surface area contributed by atoms with Gasteiger partial charge in [-0.1, -0.05) is 23.4 Å². The van der Waals surface area contributed by atoms with Crippen molar-refractivity contribution < 1.29 is 0 Å². The van der Waals surface area contributed by atoms with Gasteiger partial charge in [-0.2, -0.15) is 0 Å². The van der Waals surface area contributed by atoms with Crippen LogP contribution in [0, 0.1) is 0 Å². The van der Waals surface area contributed by atoms with E-state index in [1.807, 2.05) is 40.8 Å². The molecule has 0 atom stereocenters. The number of nitrogens with zero attached hydrogens (tertiary/aromatic N) is 3. The van der Waals surface area contributed by atoms with E-state index in [2.05, 4.69) is 22.4 Å². The van der Waals surface area contributed by atoms with Crippen LogP contribution in [0.1, 0.15) is 5.69 Å². The predicted molar refractivity (Wildman–Crippen MR) is 66.7 cm³/mol. The molecule has 0 radical (unpaired) electrons. The van der Waals surface area contributed by atoms with E-state index < -0.39 is 0 Å². The average Bonchev–Trinajstić information content (AvgIpc) is 2.78. The van der Waals surface area contributed by atoms with Crippen molar-refractivity contribution in [2.24, 2.45) is 0 Å². The second-order valence-corrected chi connectivity index (χ2v) is 4.70. The third-order valence-electron chi connectivity index (χ3n) is 2.06. The van der Waals surface area contributed by atoms with E-state index in [0.717, 1.165) is 18.0 Å². The molecule has 3 nitrogen and oxygen atoms in total. The maximum Gasteiger partial charge on any atom is 0.0974 e. The van der Waals surface area contributed by atoms with Crippen molar-refractivity contribution in [2.45, 2.75) is 17.3 Å². The van der Waals surface area contributed by atoms with E-state index in [1.54, 1.807) is 0 Å². The van der Waals surface area contributed by atoms with Crippen LogP contribution in [-0.2, 0) is 12.4 Å². The number of hydrogen-bond donors (Lipinski definition) is 0. The summed E-state index contributed by atoms with van der Waals surface area (Å²) in [7, 11) is 0. The molecule has 0 fully saturated rings. The Kier molecular flexibility index (Phi) is 4.25. The van der Waals surface area contributed by atoms with Crippen molar-refractivity contribution >= 4 is 23.4 Å². The first-order valence-corrected chi connectivity index (χ1v) is 6.53. The van der Waals surface area contributed by atoms with Gasteiger partial charge in [0, 0.05) is 16.8 Å². The Hall–Kier alpha value is -1.00. The number of rotatable bonds is 5. The van der Waals surface area contributed by atoms with Crippen molar-refractivity contribution in [3.63, 3.8) is 0 Å². The molecule has 2 aromatic rings. The molecule has 16 heavy (non-hydrogen) atoms. The summed E-state index contributed by atoms with van der Waals surface area (Å²) in [4.78, 5) is 1.28. The Morgan fingerprint density at radius 1 is 1.25 bits per heavy atom. The Morgan fingerprint density at radius 3 is 2.75 bits per heavy atom. The topological polar surface area (TPSA) is 30.7 Å². The van der Waals surface area contributed by atoms with E-state index in [-0.39, 0.29) is 0 Å². The van der Waals surface area contributed by atoms with Crippen LogP contribution in [0.4, 0.5) is 0 Å². The summed E-state index contributed by atoms with van der Waals surface area (Å²) in [5.41, 5.74) is 0.825. The van der Waals surface area contributed by atoms with E-state index >= 15 is 0 Å². The van der Waals surface area contributed by atoms with E-state index in [0.29, 0.717) is 5.88 Å². The van der Waals surface area contributed by atoms with Crippen LogP contribution < -0.4 is 0 Å². The zero-order valence-electron chi connectivity index (χ0n) is 8.71. The number of thioether (sulfide) groups is 1. The molecule has 0 bridgehead atoms. The van der Waals surface area contributed by atoms with Gasteiger partial charge in [0.15, 0.2) is 0 Å². The highest BCUT2D eigenvalue weighted by atomic mass is 35.5. The summed E-state index contributed by atoms with van der Waals surface area (Å²) < 4.78 is 1.83. The van der Waals surface area contributed by atoms with Crippen LogP contribution in [0.25, 0.3) is 0 Å². The minimum atomic E-state index is 0.422. The van der Waals surface area contributed by atoms with Gasteiger partial charge < -0.3 is 0 Å². The van der Waals surface area contributed by atoms with Gasteiger partial charge in [-0.15, -0.1) is 28.5 Å². The fourth-order valence-electron chi connectivity index (χ4n) is 1.28. The Balaban J connectivity index is 1.80. The summed E-state index contributed by atoms with van der Waals surface area (Å²) in [5.74, 6) is 1.40. The largest absolute Gasteiger partial charge is 0.251 e. The molecular formula is C11H12ClN3S. The summed E-state index contributed by atoms with van der Waals surface area (Å²) in [6, 6.07) is 10.3. The van der Waals surface area contributed by atoms with E-state index in [4.69, 9.17) is 11.6 Å². The van der Waals surface area contributed by atoms with Gasteiger partial charge in [0.25, 0.3) is 0 Å². The van der Waals surface area contributed by atoms with E-state index in [9.17, 15) is 0 Å². The highest BCUT2D eigenvalue weighted by Gasteiger charge is 1.99. The number of alkyl halides is 1. The normalized spacial score (nSPS) is 10.6. The van der Waals surface area contributed by atoms with Gasteiger partial charge in [0.2, 0.25) is 0 Å². The monoisotopic (exact) mass is 253 g/mol. The zero-order chi connectivity index (χ0) is 11.2. The Bertz CT molecular complexity index is 430. The molecule has 0 spiro atoms. The average molecular weight is 254 g/mol. The third kappa shape index (κ3) is 3.25. The van der Waals surface area contributed by atoms with Crippen LogP contribution in [0.5, 0.6) is 0 Å². The first kappa shape index (κ1) is 11.5. The second-order valence-electron chi connectivity index (χ2n) is 3.27. The lowest BCUT2D eigenvalue weighted by Gasteiger charge is -2.00. The van der Waals surface area contributed by atoms with Crippen molar-refractivity contribution in [1.29, 1.82) is 0 Å². The van der Waals surface area contributed by atoms with Crippen LogP contribution in [-0.4, -0.2) is 20.7 Å². The molecule has 0 saturated carbocycles. The lowest BCUT2D eigenvalue weighted by Crippen LogP contribution is -2.00. The second kappa shape index (κ2) is 5.92. The third-order valence-corrected chi connectivity index (χ3v) is 3.32. The molecule has 0 N–H and O–H groups in total. The summed E-state index contributed by atoms with van der Waals surface area (Å²) in [6.07, 6.45) is 1.89. The maximum absolute atomic E-state index is 5.65. The van der Waals surface area contributed by atoms with Crippen LogP contribution in [0.15, 0.2) is 41.4 Å². The van der Waals surface area contributed by atoms with Crippen LogP contribution in [0.2, 0.25) is 0 Å². The number of aromatic nitrogens is 3. The van der Waals surface area contributed by atoms with E-state index in [1.165, 1.54) is 4.90 Å². The fraction of sp³-hybridized carbons (Fsp3) is 0.273. The fourth-order valence-corrected chi connectivity index (χ4v) is 2.27. The van der Waals surface area contributed by atoms with Gasteiger partial charge in [0.05, 0.1) is 18.1 Å². The minimum Gasteiger partial charge on any atom is -0.251 e. The molecule has 2 rings (SSSR count). The highest BCUT2D eigenvalue weighted by Crippen LogP contribution is 2.16. The van der Waals surface area contributed by atoms with Crippen molar-refractivity contribution in [3.8, 4) is 0 Å². The molecular weight excluding hydrogens is 242 g/mol. The molecule has 0 aliphatic rings. The predicted octanol–water partition coefficient (Wildman–Crippen LogP) is 2.81. The van der Waals surface area contributed by atoms with Gasteiger partial charge in [-0.3, -0.25) is 4.68 Å². The van der Waals surface area contributed by atoms with Crippen molar-refractivity contribution in [2.75, 3.05) is 5.75 Å². The zero-order valence-corrected chi connectivity index (χ0v) is 10.3. The maximum atomic E-state index is 5.65. The van der Waals surface area contributed by atoms with Crippen LogP contribution >= 0.6 is 23.4 Å². The van der Waals surface area contributed by atoms with Gasteiger partial charge in [-0.25, -0.2) is 0 Å². The Labute approximate surface area is 104 Å². The SMILES string of the molecule is ClCc1cn(CCSc2ccccc2)nn1. The summed E-state index contributed by atoms with van der Waals surface area (Å²) in [5, 5.41) is 7.92. The van der Waals surface area contributed by atoms with Gasteiger partial charge in [-0.05, 0) is 12.1 Å². The van der Waals surface area contributed by atoms with Gasteiger partial charge in [0.1, 0.15) is 0 Å². The molecule has 1 aromatic carbocycles. The molecule has 84 valence electrons. The van der Waals surface area contributed by atoms with Gasteiger partial charge >= 0.3 is 0 Å². The number of hydrogen-bond acceptors (Lipinski definition) is 3. The Morgan fingerprint density at radius 2 is 2.06 bits per heavy atom. The summed E-state index contributed by atoms with van der Waals surface area (Å²) >= 11 is 7.46. The summed E-state index contributed by atoms with van der Waals surface area (Å²) in [6.45, 7) is 0.851. The molecule has 0 saturated heterocycles. The highest BCUT2D eigenvalue weighted by molar-refractivity contribution is 7.99. The molecule has 0 unspecified atom stereocenters. The standard InChI is InChI=1S/C11H12ClN3S/c12-8-10-9-15(14-13-10)6-7-16-11-4-2-1-3-5-11/h1-5,9H,6-8H2. The lowest BCUT2D eigenvalue weighted by molar-refractivity contribution is 0.632. The molecule has 0 aliphatic carbocycles.